The highest BCUT2D eigenvalue weighted by molar-refractivity contribution is 5.93. The third kappa shape index (κ3) is 7.01. The Morgan fingerprint density at radius 1 is 1.02 bits per heavy atom. The van der Waals surface area contributed by atoms with Crippen molar-refractivity contribution < 1.29 is 28.0 Å². The quantitative estimate of drug-likeness (QED) is 0.134. The van der Waals surface area contributed by atoms with E-state index in [0.29, 0.717) is 25.1 Å². The molecule has 1 amide bonds. The number of nitrogens with zero attached hydrogens (tertiary/aromatic N) is 3. The summed E-state index contributed by atoms with van der Waals surface area (Å²) in [5.74, 6) is -3.59. The molecule has 5 N–H and O–H groups in total. The first-order chi connectivity index (χ1) is 24.7. The van der Waals surface area contributed by atoms with Crippen molar-refractivity contribution in [3.05, 3.63) is 113 Å². The molecule has 0 spiro atoms. The lowest BCUT2D eigenvalue weighted by atomic mass is 9.90. The van der Waals surface area contributed by atoms with Crippen LogP contribution in [0, 0.1) is 17.6 Å². The lowest BCUT2D eigenvalue weighted by molar-refractivity contribution is -0.145. The number of carbonyl (C=O) groups excluding carboxylic acids is 1. The highest BCUT2D eigenvalue weighted by Crippen LogP contribution is 2.42. The maximum Gasteiger partial charge on any atom is 0.309 e. The molecule has 10 nitrogen and oxygen atoms in total. The van der Waals surface area contributed by atoms with Crippen LogP contribution in [0.2, 0.25) is 0 Å². The summed E-state index contributed by atoms with van der Waals surface area (Å²) < 4.78 is 32.1. The SMILES string of the molecule is C[C@@H](c1ccn[nH]1)c1ccc2c(c1N)Cc1ccccc1-2.O=C(N[C@H]1CCN(C2CCCC2)C[C@@H]1C(=O)O)c1cc(-c2ccc(F)cc2F)on1. The number of halogens is 2. The molecule has 2 aromatic heterocycles. The zero-order valence-corrected chi connectivity index (χ0v) is 28.2. The largest absolute Gasteiger partial charge is 0.481 e. The van der Waals surface area contributed by atoms with Gasteiger partial charge in [-0.05, 0) is 65.3 Å². The fourth-order valence-corrected chi connectivity index (χ4v) is 7.75. The minimum Gasteiger partial charge on any atom is -0.481 e. The van der Waals surface area contributed by atoms with Gasteiger partial charge in [-0.15, -0.1) is 0 Å². The van der Waals surface area contributed by atoms with Gasteiger partial charge >= 0.3 is 5.97 Å². The summed E-state index contributed by atoms with van der Waals surface area (Å²) in [5.41, 5.74) is 14.8. The third-order valence-corrected chi connectivity index (χ3v) is 10.6. The molecular weight excluding hydrogens is 654 g/mol. The average molecular weight is 695 g/mol. The smallest absolute Gasteiger partial charge is 0.309 e. The molecule has 3 heterocycles. The van der Waals surface area contributed by atoms with Crippen molar-refractivity contribution in [2.24, 2.45) is 5.92 Å². The lowest BCUT2D eigenvalue weighted by Crippen LogP contribution is -2.55. The van der Waals surface area contributed by atoms with Gasteiger partial charge in [-0.25, -0.2) is 8.78 Å². The predicted molar refractivity (Wildman–Crippen MR) is 188 cm³/mol. The number of nitrogens with two attached hydrogens (primary N) is 1. The normalized spacial score (nSPS) is 19.1. The molecule has 0 radical (unpaired) electrons. The molecule has 8 rings (SSSR count). The van der Waals surface area contributed by atoms with Gasteiger partial charge in [-0.2, -0.15) is 5.10 Å². The van der Waals surface area contributed by atoms with Crippen molar-refractivity contribution in [2.75, 3.05) is 18.8 Å². The van der Waals surface area contributed by atoms with E-state index >= 15 is 0 Å². The summed E-state index contributed by atoms with van der Waals surface area (Å²) in [6, 6.07) is 19.1. The number of carboxylic acid groups (broad SMARTS) is 1. The van der Waals surface area contributed by atoms with Crippen molar-refractivity contribution >= 4 is 17.6 Å². The van der Waals surface area contributed by atoms with E-state index in [1.807, 2.05) is 6.07 Å². The van der Waals surface area contributed by atoms with Crippen LogP contribution in [-0.4, -0.2) is 62.4 Å². The number of anilines is 1. The fourth-order valence-electron chi connectivity index (χ4n) is 7.75. The molecule has 1 saturated heterocycles. The number of carboxylic acids is 1. The van der Waals surface area contributed by atoms with E-state index in [9.17, 15) is 23.5 Å². The van der Waals surface area contributed by atoms with Crippen LogP contribution in [-0.2, 0) is 11.2 Å². The number of hydrogen-bond donors (Lipinski definition) is 4. The minimum atomic E-state index is -0.947. The number of benzene rings is 3. The number of nitrogen functional groups attached to an aromatic ring is 1. The topological polar surface area (TPSA) is 150 Å². The predicted octanol–water partition coefficient (Wildman–Crippen LogP) is 6.78. The number of likely N-dealkylation sites (tertiary alicyclic amines) is 1. The van der Waals surface area contributed by atoms with Crippen LogP contribution in [0.5, 0.6) is 0 Å². The molecule has 1 aliphatic heterocycles. The maximum atomic E-state index is 13.9. The van der Waals surface area contributed by atoms with Gasteiger partial charge in [0.25, 0.3) is 5.91 Å². The number of amides is 1. The third-order valence-electron chi connectivity index (χ3n) is 10.6. The number of piperidine rings is 1. The van der Waals surface area contributed by atoms with Gasteiger partial charge in [-0.1, -0.05) is 61.3 Å². The van der Waals surface area contributed by atoms with Crippen LogP contribution in [0.1, 0.15) is 77.8 Å². The molecule has 3 atom stereocenters. The van der Waals surface area contributed by atoms with Gasteiger partial charge < -0.3 is 20.7 Å². The van der Waals surface area contributed by atoms with Gasteiger partial charge in [0.15, 0.2) is 11.5 Å². The van der Waals surface area contributed by atoms with Gasteiger partial charge in [0.2, 0.25) is 0 Å². The number of aliphatic carboxylic acids is 1. The summed E-state index contributed by atoms with van der Waals surface area (Å²) in [7, 11) is 0. The second-order valence-electron chi connectivity index (χ2n) is 13.6. The highest BCUT2D eigenvalue weighted by atomic mass is 19.1. The molecular formula is C39H40F2N6O4. The van der Waals surface area contributed by atoms with Gasteiger partial charge in [-0.3, -0.25) is 19.6 Å². The number of hydrogen-bond acceptors (Lipinski definition) is 7. The summed E-state index contributed by atoms with van der Waals surface area (Å²) in [6.07, 6.45) is 7.75. The first-order valence-corrected chi connectivity index (χ1v) is 17.4. The second-order valence-corrected chi connectivity index (χ2v) is 13.6. The van der Waals surface area contributed by atoms with Crippen LogP contribution < -0.4 is 11.1 Å². The standard InChI is InChI=1S/C21H23F2N3O4.C18H17N3/c22-12-5-6-14(16(23)9-12)19-10-18(25-30-19)20(27)24-17-7-8-26(11-15(17)21(28)29)13-3-1-2-4-13;1-11(17-8-9-20-21-17)13-6-7-15-14-5-3-2-4-12(14)10-16(15)18(13)19/h5-6,9-10,13,15,17H,1-4,7-8,11H2,(H,24,27)(H,28,29);2-9,11H,10,19H2,1H3,(H,20,21)/t15-,17-;11-/m01/s1. The fraction of sp³-hybridized carbons (Fsp3) is 0.333. The van der Waals surface area contributed by atoms with Crippen LogP contribution in [0.3, 0.4) is 0 Å². The number of carbonyl (C=O) groups is 2. The van der Waals surface area contributed by atoms with Gasteiger partial charge in [0.1, 0.15) is 11.6 Å². The Morgan fingerprint density at radius 2 is 1.80 bits per heavy atom. The zero-order valence-electron chi connectivity index (χ0n) is 28.2. The van der Waals surface area contributed by atoms with E-state index in [4.69, 9.17) is 10.3 Å². The number of aromatic amines is 1. The monoisotopic (exact) mass is 694 g/mol. The molecule has 51 heavy (non-hydrogen) atoms. The first-order valence-electron chi connectivity index (χ1n) is 17.4. The van der Waals surface area contributed by atoms with Crippen LogP contribution in [0.4, 0.5) is 14.5 Å². The second kappa shape index (κ2) is 14.5. The Balaban J connectivity index is 0.000000169. The van der Waals surface area contributed by atoms with E-state index < -0.39 is 35.5 Å². The van der Waals surface area contributed by atoms with E-state index in [-0.39, 0.29) is 22.9 Å². The number of nitrogens with one attached hydrogen (secondary N) is 2. The minimum absolute atomic E-state index is 0.0107. The van der Waals surface area contributed by atoms with E-state index in [1.165, 1.54) is 52.8 Å². The molecule has 0 unspecified atom stereocenters. The molecule has 5 aromatic rings. The molecule has 0 bridgehead atoms. The highest BCUT2D eigenvalue weighted by Gasteiger charge is 2.38. The van der Waals surface area contributed by atoms with E-state index in [1.54, 1.807) is 6.20 Å². The Kier molecular flexibility index (Phi) is 9.68. The molecule has 3 aliphatic rings. The number of H-pyrrole nitrogens is 1. The van der Waals surface area contributed by atoms with Crippen molar-refractivity contribution in [2.45, 2.75) is 63.5 Å². The van der Waals surface area contributed by atoms with Crippen LogP contribution in [0.15, 0.2) is 77.4 Å². The molecule has 12 heteroatoms. The maximum absolute atomic E-state index is 13.9. The first kappa shape index (κ1) is 34.1. The Labute approximate surface area is 294 Å². The van der Waals surface area contributed by atoms with Crippen molar-refractivity contribution in [1.82, 2.24) is 25.6 Å². The van der Waals surface area contributed by atoms with Crippen molar-refractivity contribution in [1.29, 1.82) is 0 Å². The summed E-state index contributed by atoms with van der Waals surface area (Å²) >= 11 is 0. The van der Waals surface area contributed by atoms with Gasteiger partial charge in [0.05, 0.1) is 11.5 Å². The number of rotatable bonds is 7. The molecule has 2 aliphatic carbocycles. The van der Waals surface area contributed by atoms with Crippen LogP contribution in [0.25, 0.3) is 22.5 Å². The summed E-state index contributed by atoms with van der Waals surface area (Å²) in [4.78, 5) is 26.6. The van der Waals surface area contributed by atoms with E-state index in [2.05, 4.69) is 68.9 Å². The molecule has 264 valence electrons. The average Bonchev–Trinajstić information content (AvgIpc) is 3.96. The number of aromatic nitrogens is 3. The Morgan fingerprint density at radius 3 is 2.55 bits per heavy atom. The Bertz CT molecular complexity index is 2040. The molecule has 2 fully saturated rings. The van der Waals surface area contributed by atoms with E-state index in [0.717, 1.165) is 43.3 Å². The Hall–Kier alpha value is -5.36. The zero-order chi connectivity index (χ0) is 35.6. The van der Waals surface area contributed by atoms with Crippen LogP contribution >= 0.6 is 0 Å². The van der Waals surface area contributed by atoms with Crippen molar-refractivity contribution in [3.8, 4) is 22.5 Å². The van der Waals surface area contributed by atoms with Crippen molar-refractivity contribution in [3.63, 3.8) is 0 Å². The van der Waals surface area contributed by atoms with Gasteiger partial charge in [0, 0.05) is 67.2 Å². The molecule has 1 saturated carbocycles. The summed E-state index contributed by atoms with van der Waals surface area (Å²) in [5, 5.41) is 23.2. The summed E-state index contributed by atoms with van der Waals surface area (Å²) in [6.45, 7) is 3.29. The number of fused-ring (bicyclic) bond motifs is 3. The molecule has 3 aromatic carbocycles. The lowest BCUT2D eigenvalue weighted by Gasteiger charge is -2.39.